The van der Waals surface area contributed by atoms with Crippen molar-refractivity contribution in [2.24, 2.45) is 0 Å². The average molecular weight is 236 g/mol. The molecule has 0 unspecified atom stereocenters. The topological polar surface area (TPSA) is 24.5 Å². The zero-order valence-electron chi connectivity index (χ0n) is 11.0. The number of nitrogens with zero attached hydrogens (tertiary/aromatic N) is 1. The number of likely N-dealkylation sites (N-methyl/N-ethyl adjacent to an activating group) is 1. The number of benzene rings is 1. The lowest BCUT2D eigenvalue weighted by Crippen LogP contribution is -2.27. The van der Waals surface area contributed by atoms with Gasteiger partial charge in [0.15, 0.2) is 0 Å². The van der Waals surface area contributed by atoms with E-state index in [4.69, 9.17) is 4.74 Å². The minimum absolute atomic E-state index is 0.805. The molecule has 3 heteroatoms. The van der Waals surface area contributed by atoms with Gasteiger partial charge in [0.2, 0.25) is 0 Å². The van der Waals surface area contributed by atoms with E-state index in [1.165, 1.54) is 6.42 Å². The van der Waals surface area contributed by atoms with Crippen LogP contribution in [0.3, 0.4) is 0 Å². The van der Waals surface area contributed by atoms with Gasteiger partial charge < -0.3 is 15.0 Å². The van der Waals surface area contributed by atoms with Gasteiger partial charge >= 0.3 is 0 Å². The molecule has 17 heavy (non-hydrogen) atoms. The lowest BCUT2D eigenvalue weighted by molar-refractivity contribution is 0.305. The van der Waals surface area contributed by atoms with E-state index in [1.54, 1.807) is 0 Å². The van der Waals surface area contributed by atoms with Gasteiger partial charge in [-0.2, -0.15) is 0 Å². The average Bonchev–Trinajstić information content (AvgIpc) is 2.33. The number of hydrogen-bond donors (Lipinski definition) is 1. The Morgan fingerprint density at radius 2 is 1.82 bits per heavy atom. The van der Waals surface area contributed by atoms with Crippen molar-refractivity contribution in [1.82, 2.24) is 10.2 Å². The number of unbranched alkanes of at least 4 members (excludes halogenated alkanes) is 1. The Kier molecular flexibility index (Phi) is 7.43. The van der Waals surface area contributed by atoms with Gasteiger partial charge in [-0.1, -0.05) is 18.2 Å². The van der Waals surface area contributed by atoms with Gasteiger partial charge in [-0.3, -0.25) is 0 Å². The first-order valence-corrected chi connectivity index (χ1v) is 6.32. The summed E-state index contributed by atoms with van der Waals surface area (Å²) in [4.78, 5) is 2.19. The van der Waals surface area contributed by atoms with E-state index in [-0.39, 0.29) is 0 Å². The Labute approximate surface area is 105 Å². The summed E-state index contributed by atoms with van der Waals surface area (Å²) < 4.78 is 5.61. The van der Waals surface area contributed by atoms with Crippen molar-refractivity contribution in [3.63, 3.8) is 0 Å². The van der Waals surface area contributed by atoms with E-state index in [0.717, 1.165) is 38.4 Å². The molecular weight excluding hydrogens is 212 g/mol. The summed E-state index contributed by atoms with van der Waals surface area (Å²) in [5.41, 5.74) is 0. The Morgan fingerprint density at radius 3 is 2.53 bits per heavy atom. The van der Waals surface area contributed by atoms with Crippen molar-refractivity contribution in [2.45, 2.75) is 12.8 Å². The van der Waals surface area contributed by atoms with Crippen LogP contribution >= 0.6 is 0 Å². The lowest BCUT2D eigenvalue weighted by atomic mass is 10.3. The van der Waals surface area contributed by atoms with Crippen molar-refractivity contribution < 1.29 is 4.74 Å². The number of para-hydroxylation sites is 1. The molecule has 0 spiro atoms. The van der Waals surface area contributed by atoms with Crippen LogP contribution in [0.4, 0.5) is 0 Å². The van der Waals surface area contributed by atoms with Gasteiger partial charge in [0, 0.05) is 13.1 Å². The fraction of sp³-hybridized carbons (Fsp3) is 0.571. The van der Waals surface area contributed by atoms with Crippen LogP contribution in [-0.4, -0.2) is 45.2 Å². The molecule has 0 aromatic heterocycles. The molecule has 0 bridgehead atoms. The number of hydrogen-bond acceptors (Lipinski definition) is 3. The Balaban J connectivity index is 1.88. The molecule has 1 aromatic carbocycles. The van der Waals surface area contributed by atoms with Gasteiger partial charge in [0.25, 0.3) is 0 Å². The fourth-order valence-electron chi connectivity index (χ4n) is 1.49. The van der Waals surface area contributed by atoms with Gasteiger partial charge in [-0.25, -0.2) is 0 Å². The number of nitrogens with one attached hydrogen (secondary N) is 1. The third kappa shape index (κ3) is 7.77. The molecule has 1 N–H and O–H groups in total. The van der Waals surface area contributed by atoms with Crippen molar-refractivity contribution in [1.29, 1.82) is 0 Å². The molecule has 0 amide bonds. The summed E-state index contributed by atoms with van der Waals surface area (Å²) >= 11 is 0. The molecular formula is C14H24N2O. The minimum Gasteiger partial charge on any atom is -0.494 e. The van der Waals surface area contributed by atoms with Gasteiger partial charge in [0.05, 0.1) is 6.61 Å². The van der Waals surface area contributed by atoms with Crippen LogP contribution in [0, 0.1) is 0 Å². The normalized spacial score (nSPS) is 10.8. The molecule has 0 heterocycles. The fourth-order valence-corrected chi connectivity index (χ4v) is 1.49. The highest BCUT2D eigenvalue weighted by Gasteiger charge is 1.93. The molecule has 0 atom stereocenters. The summed E-state index contributed by atoms with van der Waals surface area (Å²) in [7, 11) is 4.19. The molecule has 0 aliphatic rings. The van der Waals surface area contributed by atoms with Crippen molar-refractivity contribution >= 4 is 0 Å². The summed E-state index contributed by atoms with van der Waals surface area (Å²) in [6.07, 6.45) is 2.27. The summed E-state index contributed by atoms with van der Waals surface area (Å²) in [5, 5.41) is 3.42. The Morgan fingerprint density at radius 1 is 1.06 bits per heavy atom. The van der Waals surface area contributed by atoms with E-state index < -0.39 is 0 Å². The predicted octanol–water partition coefficient (Wildman–Crippen LogP) is 2.00. The van der Waals surface area contributed by atoms with Crippen molar-refractivity contribution in [3.8, 4) is 5.75 Å². The first-order valence-electron chi connectivity index (χ1n) is 6.32. The second-order valence-corrected chi connectivity index (χ2v) is 4.42. The Bertz CT molecular complexity index is 275. The molecule has 0 saturated carbocycles. The van der Waals surface area contributed by atoms with Crippen molar-refractivity contribution in [2.75, 3.05) is 40.3 Å². The molecule has 0 fully saturated rings. The van der Waals surface area contributed by atoms with Crippen LogP contribution in [0.15, 0.2) is 30.3 Å². The van der Waals surface area contributed by atoms with E-state index >= 15 is 0 Å². The summed E-state index contributed by atoms with van der Waals surface area (Å²) in [6, 6.07) is 9.99. The first-order chi connectivity index (χ1) is 8.29. The van der Waals surface area contributed by atoms with Crippen LogP contribution in [0.1, 0.15) is 12.8 Å². The van der Waals surface area contributed by atoms with Crippen molar-refractivity contribution in [3.05, 3.63) is 30.3 Å². The van der Waals surface area contributed by atoms with E-state index in [2.05, 4.69) is 24.3 Å². The molecule has 0 aliphatic carbocycles. The quantitative estimate of drug-likeness (QED) is 0.664. The second-order valence-electron chi connectivity index (χ2n) is 4.42. The zero-order chi connectivity index (χ0) is 12.3. The lowest BCUT2D eigenvalue weighted by Gasteiger charge is -2.10. The van der Waals surface area contributed by atoms with E-state index in [0.29, 0.717) is 0 Å². The molecule has 1 aromatic rings. The summed E-state index contributed by atoms with van der Waals surface area (Å²) in [5.74, 6) is 0.966. The minimum atomic E-state index is 0.805. The predicted molar refractivity (Wildman–Crippen MR) is 72.6 cm³/mol. The third-order valence-electron chi connectivity index (χ3n) is 2.50. The number of ether oxygens (including phenoxy) is 1. The molecule has 3 nitrogen and oxygen atoms in total. The molecule has 0 aliphatic heterocycles. The monoisotopic (exact) mass is 236 g/mol. The van der Waals surface area contributed by atoms with Gasteiger partial charge in [0.1, 0.15) is 5.75 Å². The number of rotatable bonds is 9. The van der Waals surface area contributed by atoms with Gasteiger partial charge in [-0.15, -0.1) is 0 Å². The maximum absolute atomic E-state index is 5.61. The third-order valence-corrected chi connectivity index (χ3v) is 2.50. The standard InChI is InChI=1S/C14H24N2O/c1-16(2)12-11-15-10-6-7-13-17-14-8-4-3-5-9-14/h3-5,8-9,15H,6-7,10-13H2,1-2H3. The Hall–Kier alpha value is -1.06. The maximum atomic E-state index is 5.61. The van der Waals surface area contributed by atoms with E-state index in [9.17, 15) is 0 Å². The summed E-state index contributed by atoms with van der Waals surface area (Å²) in [6.45, 7) is 4.04. The highest BCUT2D eigenvalue weighted by atomic mass is 16.5. The van der Waals surface area contributed by atoms with Crippen LogP contribution in [0.5, 0.6) is 5.75 Å². The first kappa shape index (κ1) is 14.0. The van der Waals surface area contributed by atoms with E-state index in [1.807, 2.05) is 30.3 Å². The van der Waals surface area contributed by atoms with Crippen LogP contribution in [0.25, 0.3) is 0 Å². The molecule has 1 rings (SSSR count). The molecule has 0 radical (unpaired) electrons. The van der Waals surface area contributed by atoms with Gasteiger partial charge in [-0.05, 0) is 45.6 Å². The van der Waals surface area contributed by atoms with Crippen LogP contribution in [0.2, 0.25) is 0 Å². The highest BCUT2D eigenvalue weighted by molar-refractivity contribution is 5.20. The largest absolute Gasteiger partial charge is 0.494 e. The zero-order valence-corrected chi connectivity index (χ0v) is 11.0. The smallest absolute Gasteiger partial charge is 0.119 e. The highest BCUT2D eigenvalue weighted by Crippen LogP contribution is 2.08. The van der Waals surface area contributed by atoms with Crippen LogP contribution < -0.4 is 10.1 Å². The molecule has 0 saturated heterocycles. The maximum Gasteiger partial charge on any atom is 0.119 e. The van der Waals surface area contributed by atoms with Crippen LogP contribution in [-0.2, 0) is 0 Å². The SMILES string of the molecule is CN(C)CCNCCCCOc1ccccc1. The molecule has 96 valence electrons. The second kappa shape index (κ2) is 9.02.